The molecule has 1 unspecified atom stereocenters. The number of pyridine rings is 1. The Morgan fingerprint density at radius 3 is 2.75 bits per heavy atom. The summed E-state index contributed by atoms with van der Waals surface area (Å²) in [6.45, 7) is 2.69. The largest absolute Gasteiger partial charge is 0.476 e. The number of ether oxygens (including phenoxy) is 1. The summed E-state index contributed by atoms with van der Waals surface area (Å²) in [7, 11) is 0. The molecule has 0 bridgehead atoms. The SMILES string of the molecule is Cc1ccc2c(n1)OCC2c1ccccc1. The van der Waals surface area contributed by atoms with Gasteiger partial charge in [-0.3, -0.25) is 0 Å². The van der Waals surface area contributed by atoms with Gasteiger partial charge in [-0.05, 0) is 18.6 Å². The van der Waals surface area contributed by atoms with Crippen molar-refractivity contribution < 1.29 is 4.74 Å². The molecule has 0 fully saturated rings. The number of fused-ring (bicyclic) bond motifs is 1. The van der Waals surface area contributed by atoms with Crippen LogP contribution in [0.2, 0.25) is 0 Å². The molecule has 2 heterocycles. The van der Waals surface area contributed by atoms with Crippen LogP contribution in [-0.4, -0.2) is 11.6 Å². The summed E-state index contributed by atoms with van der Waals surface area (Å²) in [5.74, 6) is 1.14. The highest BCUT2D eigenvalue weighted by molar-refractivity contribution is 5.42. The van der Waals surface area contributed by atoms with Gasteiger partial charge in [-0.15, -0.1) is 0 Å². The summed E-state index contributed by atoms with van der Waals surface area (Å²) in [5.41, 5.74) is 3.51. The van der Waals surface area contributed by atoms with E-state index < -0.39 is 0 Å². The fourth-order valence-electron chi connectivity index (χ4n) is 2.14. The summed E-state index contributed by atoms with van der Waals surface area (Å²) in [5, 5.41) is 0. The average molecular weight is 211 g/mol. The molecule has 1 aliphatic rings. The second-order valence-electron chi connectivity index (χ2n) is 4.12. The van der Waals surface area contributed by atoms with E-state index in [2.05, 4.69) is 35.3 Å². The van der Waals surface area contributed by atoms with Gasteiger partial charge < -0.3 is 4.74 Å². The van der Waals surface area contributed by atoms with Gasteiger partial charge in [-0.25, -0.2) is 4.98 Å². The molecule has 0 amide bonds. The van der Waals surface area contributed by atoms with Crippen LogP contribution >= 0.6 is 0 Å². The zero-order valence-corrected chi connectivity index (χ0v) is 9.18. The van der Waals surface area contributed by atoms with Gasteiger partial charge in [0.05, 0.1) is 0 Å². The number of hydrogen-bond acceptors (Lipinski definition) is 2. The molecule has 2 aromatic rings. The first-order valence-corrected chi connectivity index (χ1v) is 5.50. The molecule has 80 valence electrons. The van der Waals surface area contributed by atoms with Gasteiger partial charge in [0.2, 0.25) is 5.88 Å². The van der Waals surface area contributed by atoms with Crippen molar-refractivity contribution in [1.29, 1.82) is 0 Å². The lowest BCUT2D eigenvalue weighted by Crippen LogP contribution is -2.01. The average Bonchev–Trinajstić information content (AvgIpc) is 2.73. The van der Waals surface area contributed by atoms with Crippen LogP contribution in [-0.2, 0) is 0 Å². The summed E-state index contributed by atoms with van der Waals surface area (Å²) in [4.78, 5) is 4.41. The van der Waals surface area contributed by atoms with Gasteiger partial charge in [0.15, 0.2) is 0 Å². The van der Waals surface area contributed by atoms with E-state index in [1.54, 1.807) is 0 Å². The minimum atomic E-state index is 0.337. The van der Waals surface area contributed by atoms with Crippen LogP contribution in [0, 0.1) is 6.92 Å². The van der Waals surface area contributed by atoms with Crippen molar-refractivity contribution in [3.8, 4) is 5.88 Å². The molecule has 0 spiro atoms. The van der Waals surface area contributed by atoms with E-state index in [-0.39, 0.29) is 0 Å². The van der Waals surface area contributed by atoms with Gasteiger partial charge in [-0.2, -0.15) is 0 Å². The van der Waals surface area contributed by atoms with E-state index in [4.69, 9.17) is 4.74 Å². The second kappa shape index (κ2) is 3.63. The topological polar surface area (TPSA) is 22.1 Å². The number of hydrogen-bond donors (Lipinski definition) is 0. The number of nitrogens with zero attached hydrogens (tertiary/aromatic N) is 1. The Labute approximate surface area is 94.9 Å². The van der Waals surface area contributed by atoms with Gasteiger partial charge in [0, 0.05) is 17.2 Å². The van der Waals surface area contributed by atoms with Crippen LogP contribution < -0.4 is 4.74 Å². The molecule has 1 aromatic heterocycles. The van der Waals surface area contributed by atoms with Crippen molar-refractivity contribution >= 4 is 0 Å². The predicted octanol–water partition coefficient (Wildman–Crippen LogP) is 2.91. The predicted molar refractivity (Wildman–Crippen MR) is 62.8 cm³/mol. The van der Waals surface area contributed by atoms with Gasteiger partial charge in [0.25, 0.3) is 0 Å². The second-order valence-corrected chi connectivity index (χ2v) is 4.12. The molecule has 1 aromatic carbocycles. The first-order valence-electron chi connectivity index (χ1n) is 5.50. The van der Waals surface area contributed by atoms with Gasteiger partial charge >= 0.3 is 0 Å². The fraction of sp³-hybridized carbons (Fsp3) is 0.214. The zero-order chi connectivity index (χ0) is 11.0. The third kappa shape index (κ3) is 1.47. The Kier molecular flexibility index (Phi) is 2.13. The lowest BCUT2D eigenvalue weighted by molar-refractivity contribution is 0.332. The van der Waals surface area contributed by atoms with Crippen molar-refractivity contribution in [2.45, 2.75) is 12.8 Å². The van der Waals surface area contributed by atoms with Crippen molar-refractivity contribution in [3.05, 3.63) is 59.3 Å². The minimum absolute atomic E-state index is 0.337. The van der Waals surface area contributed by atoms with Crippen molar-refractivity contribution in [1.82, 2.24) is 4.98 Å². The molecule has 1 atom stereocenters. The number of aryl methyl sites for hydroxylation is 1. The quantitative estimate of drug-likeness (QED) is 0.723. The molecular formula is C14H13NO. The van der Waals surface area contributed by atoms with Crippen LogP contribution in [0.25, 0.3) is 0 Å². The zero-order valence-electron chi connectivity index (χ0n) is 9.18. The fourth-order valence-corrected chi connectivity index (χ4v) is 2.14. The Morgan fingerprint density at radius 1 is 1.12 bits per heavy atom. The van der Waals surface area contributed by atoms with E-state index in [0.29, 0.717) is 12.5 Å². The minimum Gasteiger partial charge on any atom is -0.476 e. The highest BCUT2D eigenvalue weighted by Crippen LogP contribution is 2.36. The first kappa shape index (κ1) is 9.40. The van der Waals surface area contributed by atoms with Crippen LogP contribution in [0.5, 0.6) is 5.88 Å². The summed E-state index contributed by atoms with van der Waals surface area (Å²) in [6.07, 6.45) is 0. The van der Waals surface area contributed by atoms with Gasteiger partial charge in [0.1, 0.15) is 6.61 Å². The monoisotopic (exact) mass is 211 g/mol. The van der Waals surface area contributed by atoms with Crippen LogP contribution in [0.4, 0.5) is 0 Å². The third-order valence-corrected chi connectivity index (χ3v) is 2.99. The highest BCUT2D eigenvalue weighted by atomic mass is 16.5. The molecule has 0 saturated carbocycles. The van der Waals surface area contributed by atoms with Crippen molar-refractivity contribution in [3.63, 3.8) is 0 Å². The molecule has 2 nitrogen and oxygen atoms in total. The first-order chi connectivity index (χ1) is 7.84. The molecule has 0 aliphatic carbocycles. The number of rotatable bonds is 1. The van der Waals surface area contributed by atoms with Crippen LogP contribution in [0.3, 0.4) is 0 Å². The van der Waals surface area contributed by atoms with E-state index in [1.165, 1.54) is 11.1 Å². The maximum Gasteiger partial charge on any atom is 0.217 e. The lowest BCUT2D eigenvalue weighted by atomic mass is 9.94. The number of benzene rings is 1. The third-order valence-electron chi connectivity index (χ3n) is 2.99. The summed E-state index contributed by atoms with van der Waals surface area (Å²) in [6, 6.07) is 14.6. The summed E-state index contributed by atoms with van der Waals surface area (Å²) >= 11 is 0. The number of aromatic nitrogens is 1. The van der Waals surface area contributed by atoms with E-state index >= 15 is 0 Å². The molecular weight excluding hydrogens is 198 g/mol. The maximum atomic E-state index is 5.64. The Morgan fingerprint density at radius 2 is 1.94 bits per heavy atom. The summed E-state index contributed by atoms with van der Waals surface area (Å²) < 4.78 is 5.64. The molecule has 16 heavy (non-hydrogen) atoms. The van der Waals surface area contributed by atoms with Crippen LogP contribution in [0.15, 0.2) is 42.5 Å². The van der Waals surface area contributed by atoms with Crippen molar-refractivity contribution in [2.24, 2.45) is 0 Å². The molecule has 3 rings (SSSR count). The Balaban J connectivity index is 2.04. The molecule has 2 heteroatoms. The standard InChI is InChI=1S/C14H13NO/c1-10-7-8-12-13(9-16-14(12)15-10)11-5-3-2-4-6-11/h2-8,13H,9H2,1H3. The van der Waals surface area contributed by atoms with E-state index in [1.807, 2.05) is 19.1 Å². The molecule has 0 radical (unpaired) electrons. The van der Waals surface area contributed by atoms with Gasteiger partial charge in [-0.1, -0.05) is 36.4 Å². The maximum absolute atomic E-state index is 5.64. The normalized spacial score (nSPS) is 17.9. The van der Waals surface area contributed by atoms with E-state index in [0.717, 1.165) is 11.6 Å². The smallest absolute Gasteiger partial charge is 0.217 e. The molecule has 1 aliphatic heterocycles. The van der Waals surface area contributed by atoms with E-state index in [9.17, 15) is 0 Å². The molecule has 0 saturated heterocycles. The Bertz CT molecular complexity index is 507. The highest BCUT2D eigenvalue weighted by Gasteiger charge is 2.26. The lowest BCUT2D eigenvalue weighted by Gasteiger charge is -2.08. The Hall–Kier alpha value is -1.83. The van der Waals surface area contributed by atoms with Crippen LogP contribution in [0.1, 0.15) is 22.7 Å². The molecule has 0 N–H and O–H groups in total. The van der Waals surface area contributed by atoms with Crippen molar-refractivity contribution in [2.75, 3.05) is 6.61 Å².